The highest BCUT2D eigenvalue weighted by atomic mass is 35.5. The van der Waals surface area contributed by atoms with Crippen LogP contribution in [0.4, 0.5) is 5.82 Å². The zero-order chi connectivity index (χ0) is 15.3. The summed E-state index contributed by atoms with van der Waals surface area (Å²) in [6, 6.07) is 0. The molecule has 1 N–H and O–H groups in total. The fraction of sp³-hybridized carbons (Fsp3) is 0.231. The van der Waals surface area contributed by atoms with Gasteiger partial charge in [-0.3, -0.25) is 0 Å². The van der Waals surface area contributed by atoms with Crippen LogP contribution in [0.2, 0.25) is 10.3 Å². The topological polar surface area (TPSA) is 54.9 Å². The molecule has 0 spiro atoms. The molecule has 0 aliphatic rings. The van der Waals surface area contributed by atoms with Crippen LogP contribution in [0.1, 0.15) is 6.92 Å². The van der Waals surface area contributed by atoms with Gasteiger partial charge in [0, 0.05) is 11.0 Å². The van der Waals surface area contributed by atoms with E-state index in [1.54, 1.807) is 31.6 Å². The molecule has 0 atom stereocenters. The molecule has 0 bridgehead atoms. The lowest BCUT2D eigenvalue weighted by atomic mass is 10.3. The van der Waals surface area contributed by atoms with E-state index in [1.807, 2.05) is 6.92 Å². The van der Waals surface area contributed by atoms with Gasteiger partial charge in [-0.2, -0.15) is 4.98 Å². The quantitative estimate of drug-likeness (QED) is 0.478. The van der Waals surface area contributed by atoms with E-state index in [9.17, 15) is 4.57 Å². The molecular formula is C13H16Cl2N3OP. The fourth-order valence-electron chi connectivity index (χ4n) is 1.52. The molecule has 0 unspecified atom stereocenters. The van der Waals surface area contributed by atoms with Gasteiger partial charge in [0.2, 0.25) is 5.28 Å². The minimum Gasteiger partial charge on any atom is -0.338 e. The molecule has 0 radical (unpaired) electrons. The smallest absolute Gasteiger partial charge is 0.224 e. The summed E-state index contributed by atoms with van der Waals surface area (Å²) in [7, 11) is -2.49. The van der Waals surface area contributed by atoms with Crippen LogP contribution in [0.25, 0.3) is 0 Å². The zero-order valence-electron chi connectivity index (χ0n) is 11.5. The van der Waals surface area contributed by atoms with Gasteiger partial charge in [0.25, 0.3) is 0 Å². The van der Waals surface area contributed by atoms with Gasteiger partial charge >= 0.3 is 0 Å². The van der Waals surface area contributed by atoms with Crippen molar-refractivity contribution in [1.82, 2.24) is 9.97 Å². The monoisotopic (exact) mass is 331 g/mol. The number of hydrogen-bond donors (Lipinski definition) is 1. The van der Waals surface area contributed by atoms with Crippen LogP contribution in [-0.2, 0) is 4.57 Å². The number of anilines is 1. The first kappa shape index (κ1) is 17.0. The second kappa shape index (κ2) is 7.07. The van der Waals surface area contributed by atoms with E-state index >= 15 is 0 Å². The Morgan fingerprint density at radius 2 is 2.10 bits per heavy atom. The van der Waals surface area contributed by atoms with Crippen molar-refractivity contribution in [2.75, 3.05) is 18.6 Å². The predicted octanol–water partition coefficient (Wildman–Crippen LogP) is 4.79. The molecule has 1 heterocycles. The number of hydrogen-bond acceptors (Lipinski definition) is 4. The predicted molar refractivity (Wildman–Crippen MR) is 87.2 cm³/mol. The van der Waals surface area contributed by atoms with E-state index in [0.29, 0.717) is 21.9 Å². The lowest BCUT2D eigenvalue weighted by Gasteiger charge is -2.17. The Morgan fingerprint density at radius 1 is 1.45 bits per heavy atom. The van der Waals surface area contributed by atoms with Gasteiger partial charge in [-0.25, -0.2) is 4.98 Å². The van der Waals surface area contributed by atoms with Crippen LogP contribution in [0.15, 0.2) is 42.0 Å². The molecule has 1 aromatic rings. The van der Waals surface area contributed by atoms with Crippen LogP contribution >= 0.6 is 30.3 Å². The van der Waals surface area contributed by atoms with E-state index < -0.39 is 7.14 Å². The van der Waals surface area contributed by atoms with Gasteiger partial charge in [-0.05, 0) is 31.9 Å². The molecule has 1 aromatic heterocycles. The fourth-order valence-corrected chi connectivity index (χ4v) is 3.02. The minimum absolute atomic E-state index is 0.0813. The lowest BCUT2D eigenvalue weighted by Crippen LogP contribution is -2.05. The molecule has 0 amide bonds. The summed E-state index contributed by atoms with van der Waals surface area (Å²) in [5.41, 5.74) is 0.648. The van der Waals surface area contributed by atoms with Crippen LogP contribution in [-0.4, -0.2) is 23.3 Å². The largest absolute Gasteiger partial charge is 0.338 e. The molecular weight excluding hydrogens is 316 g/mol. The maximum Gasteiger partial charge on any atom is 0.224 e. The molecule has 0 aromatic carbocycles. The number of nitrogens with one attached hydrogen (secondary N) is 1. The highest BCUT2D eigenvalue weighted by Crippen LogP contribution is 2.49. The van der Waals surface area contributed by atoms with Crippen molar-refractivity contribution in [3.8, 4) is 0 Å². The molecule has 0 saturated carbocycles. The highest BCUT2D eigenvalue weighted by Gasteiger charge is 2.19. The third kappa shape index (κ3) is 4.48. The molecule has 0 saturated heterocycles. The van der Waals surface area contributed by atoms with Crippen molar-refractivity contribution in [3.05, 3.63) is 52.3 Å². The van der Waals surface area contributed by atoms with Crippen LogP contribution in [0.3, 0.4) is 0 Å². The number of nitrogens with zero attached hydrogens (tertiary/aromatic N) is 2. The van der Waals surface area contributed by atoms with Crippen LogP contribution in [0, 0.1) is 0 Å². The first-order chi connectivity index (χ1) is 9.29. The van der Waals surface area contributed by atoms with Gasteiger partial charge < -0.3 is 9.88 Å². The van der Waals surface area contributed by atoms with E-state index in [0.717, 1.165) is 0 Å². The number of allylic oxidation sites excluding steroid dienone is 4. The molecule has 4 nitrogen and oxygen atoms in total. The second-order valence-corrected chi connectivity index (χ2v) is 8.23. The summed E-state index contributed by atoms with van der Waals surface area (Å²) < 4.78 is 12.4. The second-order valence-electron chi connectivity index (χ2n) is 4.30. The molecule has 0 fully saturated rings. The summed E-state index contributed by atoms with van der Waals surface area (Å²) in [5.74, 6) is 0.364. The Labute approximate surface area is 129 Å². The van der Waals surface area contributed by atoms with Gasteiger partial charge in [0.05, 0.1) is 6.20 Å². The van der Waals surface area contributed by atoms with E-state index in [-0.39, 0.29) is 5.28 Å². The average molecular weight is 332 g/mol. The molecule has 7 heteroatoms. The first-order valence-corrected chi connectivity index (χ1v) is 9.15. The van der Waals surface area contributed by atoms with Crippen molar-refractivity contribution in [3.63, 3.8) is 0 Å². The van der Waals surface area contributed by atoms with Gasteiger partial charge in [0.15, 0.2) is 5.82 Å². The van der Waals surface area contributed by atoms with Crippen molar-refractivity contribution in [2.45, 2.75) is 6.92 Å². The lowest BCUT2D eigenvalue weighted by molar-refractivity contribution is 0.586. The molecule has 0 aliphatic carbocycles. The third-order valence-electron chi connectivity index (χ3n) is 2.39. The van der Waals surface area contributed by atoms with E-state index in [1.165, 1.54) is 6.20 Å². The average Bonchev–Trinajstić information content (AvgIpc) is 2.36. The third-order valence-corrected chi connectivity index (χ3v) is 4.40. The Balaban J connectivity index is 3.21. The number of halogens is 2. The van der Waals surface area contributed by atoms with Gasteiger partial charge in [-0.1, -0.05) is 36.4 Å². The summed E-state index contributed by atoms with van der Waals surface area (Å²) in [4.78, 5) is 7.79. The van der Waals surface area contributed by atoms with Crippen molar-refractivity contribution in [1.29, 1.82) is 0 Å². The van der Waals surface area contributed by atoms with Crippen molar-refractivity contribution >= 4 is 36.2 Å². The summed E-state index contributed by atoms with van der Waals surface area (Å²) in [6.45, 7) is 8.83. The SMILES string of the molecule is C=C/C=C(\C(=C/C)Nc1nc(Cl)ncc1Cl)P(C)(C)=O. The maximum absolute atomic E-state index is 12.4. The Morgan fingerprint density at radius 3 is 2.60 bits per heavy atom. The summed E-state index contributed by atoms with van der Waals surface area (Å²) >= 11 is 11.8. The molecule has 1 rings (SSSR count). The standard InChI is InChI=1S/C13H16Cl2N3OP/c1-5-7-11(20(3,4)19)10(6-2)17-12-9(14)8-16-13(15)18-12/h5-8H,1H2,2-4H3,(H,16,17,18)/b10-6+,11-7+. The van der Waals surface area contributed by atoms with E-state index in [2.05, 4.69) is 21.9 Å². The minimum atomic E-state index is -2.49. The summed E-state index contributed by atoms with van der Waals surface area (Å²) in [5, 5.41) is 4.10. The summed E-state index contributed by atoms with van der Waals surface area (Å²) in [6.07, 6.45) is 6.50. The van der Waals surface area contributed by atoms with Crippen molar-refractivity contribution < 1.29 is 4.57 Å². The normalized spacial score (nSPS) is 13.2. The first-order valence-electron chi connectivity index (χ1n) is 5.79. The van der Waals surface area contributed by atoms with E-state index in [4.69, 9.17) is 23.2 Å². The zero-order valence-corrected chi connectivity index (χ0v) is 13.9. The Bertz CT molecular complexity index is 620. The Kier molecular flexibility index (Phi) is 6.00. The molecule has 20 heavy (non-hydrogen) atoms. The molecule has 108 valence electrons. The van der Waals surface area contributed by atoms with Crippen molar-refractivity contribution in [2.24, 2.45) is 0 Å². The van der Waals surface area contributed by atoms with Gasteiger partial charge in [0.1, 0.15) is 12.2 Å². The Hall–Kier alpha value is -1.09. The van der Waals surface area contributed by atoms with Crippen LogP contribution < -0.4 is 5.32 Å². The van der Waals surface area contributed by atoms with Gasteiger partial charge in [-0.15, -0.1) is 0 Å². The van der Waals surface area contributed by atoms with Crippen LogP contribution in [0.5, 0.6) is 0 Å². The molecule has 0 aliphatic heterocycles. The highest BCUT2D eigenvalue weighted by molar-refractivity contribution is 7.67. The number of rotatable bonds is 5. The number of aromatic nitrogens is 2. The maximum atomic E-state index is 12.4.